The van der Waals surface area contributed by atoms with E-state index in [9.17, 15) is 9.59 Å². The van der Waals surface area contributed by atoms with Gasteiger partial charge in [-0.05, 0) is 32.0 Å². The summed E-state index contributed by atoms with van der Waals surface area (Å²) >= 11 is 0. The highest BCUT2D eigenvalue weighted by Gasteiger charge is 2.11. The summed E-state index contributed by atoms with van der Waals surface area (Å²) < 4.78 is 5.39. The average molecular weight is 265 g/mol. The van der Waals surface area contributed by atoms with Crippen LogP contribution in [0.25, 0.3) is 0 Å². The van der Waals surface area contributed by atoms with Crippen LogP contribution in [0.5, 0.6) is 5.75 Å². The lowest BCUT2D eigenvalue weighted by Gasteiger charge is -2.11. The van der Waals surface area contributed by atoms with Crippen LogP contribution < -0.4 is 21.5 Å². The number of nitrogens with one attached hydrogen (secondary N) is 1. The zero-order chi connectivity index (χ0) is 14.4. The Morgan fingerprint density at radius 1 is 1.37 bits per heavy atom. The Morgan fingerprint density at radius 3 is 2.63 bits per heavy atom. The molecular formula is C13H19N3O3. The van der Waals surface area contributed by atoms with Crippen LogP contribution in [-0.4, -0.2) is 24.5 Å². The van der Waals surface area contributed by atoms with E-state index in [1.807, 2.05) is 13.8 Å². The summed E-state index contributed by atoms with van der Waals surface area (Å²) in [6.07, 6.45) is 0.209. The van der Waals surface area contributed by atoms with Gasteiger partial charge < -0.3 is 21.5 Å². The summed E-state index contributed by atoms with van der Waals surface area (Å²) in [4.78, 5) is 22.6. The molecule has 104 valence electrons. The molecule has 0 spiro atoms. The van der Waals surface area contributed by atoms with E-state index in [0.717, 1.165) is 0 Å². The number of primary amides is 1. The molecule has 6 heteroatoms. The number of carbonyl (C=O) groups excluding carboxylic acids is 2. The quantitative estimate of drug-likeness (QED) is 0.657. The fourth-order valence-electron chi connectivity index (χ4n) is 1.51. The average Bonchev–Trinajstić information content (AvgIpc) is 2.29. The highest BCUT2D eigenvalue weighted by Crippen LogP contribution is 2.21. The molecule has 0 fully saturated rings. The van der Waals surface area contributed by atoms with Crippen LogP contribution >= 0.6 is 0 Å². The fraction of sp³-hybridized carbons (Fsp3) is 0.385. The molecule has 19 heavy (non-hydrogen) atoms. The van der Waals surface area contributed by atoms with E-state index in [4.69, 9.17) is 16.2 Å². The molecule has 1 rings (SSSR count). The normalized spacial score (nSPS) is 10.3. The van der Waals surface area contributed by atoms with Crippen LogP contribution in [0.4, 0.5) is 5.69 Å². The molecule has 0 heterocycles. The van der Waals surface area contributed by atoms with Gasteiger partial charge in [-0.25, -0.2) is 0 Å². The number of nitrogens with two attached hydrogens (primary N) is 2. The minimum Gasteiger partial charge on any atom is -0.492 e. The minimum absolute atomic E-state index is 0.0882. The van der Waals surface area contributed by atoms with Gasteiger partial charge in [0.15, 0.2) is 0 Å². The summed E-state index contributed by atoms with van der Waals surface area (Å²) in [5.74, 6) is -0.390. The zero-order valence-electron chi connectivity index (χ0n) is 11.1. The molecule has 1 aromatic carbocycles. The van der Waals surface area contributed by atoms with Crippen molar-refractivity contribution in [2.45, 2.75) is 26.3 Å². The van der Waals surface area contributed by atoms with Crippen LogP contribution in [0.15, 0.2) is 18.2 Å². The zero-order valence-corrected chi connectivity index (χ0v) is 11.1. The number of ether oxygens (including phenoxy) is 1. The standard InChI is InChI=1S/C13H19N3O3/c1-8(2)16-12(17)5-6-19-11-4-3-9(14)7-10(11)13(15)18/h3-4,7-8H,5-6,14H2,1-2H3,(H2,15,18)(H,16,17). The van der Waals surface area contributed by atoms with Crippen molar-refractivity contribution in [1.29, 1.82) is 0 Å². The molecule has 0 aromatic heterocycles. The topological polar surface area (TPSA) is 107 Å². The van der Waals surface area contributed by atoms with E-state index >= 15 is 0 Å². The number of rotatable bonds is 6. The molecule has 0 atom stereocenters. The van der Waals surface area contributed by atoms with Crippen molar-refractivity contribution in [1.82, 2.24) is 5.32 Å². The molecule has 0 saturated heterocycles. The van der Waals surface area contributed by atoms with Crippen LogP contribution in [0.2, 0.25) is 0 Å². The smallest absolute Gasteiger partial charge is 0.252 e. The number of nitrogen functional groups attached to an aromatic ring is 1. The summed E-state index contributed by atoms with van der Waals surface area (Å²) in [6.45, 7) is 3.93. The minimum atomic E-state index is -0.617. The van der Waals surface area contributed by atoms with Gasteiger partial charge in [0.05, 0.1) is 18.6 Å². The van der Waals surface area contributed by atoms with Crippen LogP contribution in [0.1, 0.15) is 30.6 Å². The van der Waals surface area contributed by atoms with Crippen molar-refractivity contribution >= 4 is 17.5 Å². The molecular weight excluding hydrogens is 246 g/mol. The molecule has 1 aromatic rings. The molecule has 0 aliphatic heterocycles. The second kappa shape index (κ2) is 6.63. The highest BCUT2D eigenvalue weighted by molar-refractivity contribution is 5.96. The number of carbonyl (C=O) groups is 2. The Bertz CT molecular complexity index is 472. The molecule has 0 radical (unpaired) electrons. The van der Waals surface area contributed by atoms with E-state index in [2.05, 4.69) is 5.32 Å². The van der Waals surface area contributed by atoms with Crippen molar-refractivity contribution in [3.63, 3.8) is 0 Å². The van der Waals surface area contributed by atoms with E-state index < -0.39 is 5.91 Å². The second-order valence-corrected chi connectivity index (χ2v) is 4.44. The Balaban J connectivity index is 2.58. The van der Waals surface area contributed by atoms with Gasteiger partial charge in [-0.3, -0.25) is 9.59 Å². The number of hydrogen-bond donors (Lipinski definition) is 3. The Labute approximate surface area is 112 Å². The van der Waals surface area contributed by atoms with E-state index in [1.54, 1.807) is 12.1 Å². The first-order valence-electron chi connectivity index (χ1n) is 6.01. The lowest BCUT2D eigenvalue weighted by molar-refractivity contribution is -0.122. The van der Waals surface area contributed by atoms with Gasteiger partial charge in [-0.1, -0.05) is 0 Å². The van der Waals surface area contributed by atoms with E-state index in [0.29, 0.717) is 11.4 Å². The molecule has 5 N–H and O–H groups in total. The number of amides is 2. The van der Waals surface area contributed by atoms with E-state index in [-0.39, 0.29) is 30.5 Å². The van der Waals surface area contributed by atoms with Crippen molar-refractivity contribution in [3.05, 3.63) is 23.8 Å². The monoisotopic (exact) mass is 265 g/mol. The number of benzene rings is 1. The van der Waals surface area contributed by atoms with Crippen LogP contribution in [0, 0.1) is 0 Å². The summed E-state index contributed by atoms with van der Waals surface area (Å²) in [6, 6.07) is 4.71. The highest BCUT2D eigenvalue weighted by atomic mass is 16.5. The summed E-state index contributed by atoms with van der Waals surface area (Å²) in [5.41, 5.74) is 11.4. The van der Waals surface area contributed by atoms with Crippen molar-refractivity contribution in [3.8, 4) is 5.75 Å². The predicted octanol–water partition coefficient (Wildman–Crippen LogP) is 0.661. The summed E-state index contributed by atoms with van der Waals surface area (Å²) in [7, 11) is 0. The molecule has 0 saturated carbocycles. The van der Waals surface area contributed by atoms with Gasteiger partial charge in [0.1, 0.15) is 5.75 Å². The van der Waals surface area contributed by atoms with Crippen molar-refractivity contribution in [2.24, 2.45) is 5.73 Å². The van der Waals surface area contributed by atoms with Gasteiger partial charge in [-0.2, -0.15) is 0 Å². The van der Waals surface area contributed by atoms with Crippen LogP contribution in [-0.2, 0) is 4.79 Å². The number of hydrogen-bond acceptors (Lipinski definition) is 4. The third-order valence-electron chi connectivity index (χ3n) is 2.31. The fourth-order valence-corrected chi connectivity index (χ4v) is 1.51. The first kappa shape index (κ1) is 14.8. The van der Waals surface area contributed by atoms with Gasteiger partial charge >= 0.3 is 0 Å². The maximum absolute atomic E-state index is 11.4. The second-order valence-electron chi connectivity index (χ2n) is 4.44. The van der Waals surface area contributed by atoms with Gasteiger partial charge in [0.2, 0.25) is 5.91 Å². The maximum atomic E-state index is 11.4. The Morgan fingerprint density at radius 2 is 2.05 bits per heavy atom. The van der Waals surface area contributed by atoms with E-state index in [1.165, 1.54) is 6.07 Å². The third kappa shape index (κ3) is 4.87. The third-order valence-corrected chi connectivity index (χ3v) is 2.31. The first-order valence-corrected chi connectivity index (χ1v) is 6.01. The Hall–Kier alpha value is -2.24. The molecule has 6 nitrogen and oxygen atoms in total. The predicted molar refractivity (Wildman–Crippen MR) is 72.8 cm³/mol. The van der Waals surface area contributed by atoms with Gasteiger partial charge in [0.25, 0.3) is 5.91 Å². The lowest BCUT2D eigenvalue weighted by Crippen LogP contribution is -2.31. The lowest BCUT2D eigenvalue weighted by atomic mass is 10.1. The molecule has 0 aliphatic rings. The SMILES string of the molecule is CC(C)NC(=O)CCOc1ccc(N)cc1C(N)=O. The molecule has 0 unspecified atom stereocenters. The largest absolute Gasteiger partial charge is 0.492 e. The Kier molecular flexibility index (Phi) is 5.17. The van der Waals surface area contributed by atoms with Crippen LogP contribution in [0.3, 0.4) is 0 Å². The summed E-state index contributed by atoms with van der Waals surface area (Å²) in [5, 5.41) is 2.74. The number of anilines is 1. The van der Waals surface area contributed by atoms with Gasteiger partial charge in [-0.15, -0.1) is 0 Å². The maximum Gasteiger partial charge on any atom is 0.252 e. The molecule has 0 bridgehead atoms. The van der Waals surface area contributed by atoms with Gasteiger partial charge in [0, 0.05) is 11.7 Å². The van der Waals surface area contributed by atoms with Crippen molar-refractivity contribution < 1.29 is 14.3 Å². The molecule has 2 amide bonds. The van der Waals surface area contributed by atoms with Crippen molar-refractivity contribution in [2.75, 3.05) is 12.3 Å². The molecule has 0 aliphatic carbocycles. The first-order chi connectivity index (χ1) is 8.90.